The van der Waals surface area contributed by atoms with Gasteiger partial charge in [-0.3, -0.25) is 0 Å². The molecule has 0 atom stereocenters. The lowest BCUT2D eigenvalue weighted by molar-refractivity contribution is -0.165. The van der Waals surface area contributed by atoms with Crippen molar-refractivity contribution in [2.24, 2.45) is 0 Å². The molecule has 0 bridgehead atoms. The van der Waals surface area contributed by atoms with Crippen LogP contribution in [0.4, 0.5) is 0 Å². The number of hydrogen-bond acceptors (Lipinski definition) is 2. The fourth-order valence-corrected chi connectivity index (χ4v) is 3.79. The highest BCUT2D eigenvalue weighted by atomic mass is 16.5. The summed E-state index contributed by atoms with van der Waals surface area (Å²) in [6.45, 7) is 2.28. The summed E-state index contributed by atoms with van der Waals surface area (Å²) >= 11 is 0. The molecule has 2 N–H and O–H groups in total. The molecule has 27 heavy (non-hydrogen) atoms. The zero-order chi connectivity index (χ0) is 19.6. The SMILES string of the molecule is CCCCCCCCCCCCCCCCCC(O)(O)Cc1ccccc1. The van der Waals surface area contributed by atoms with Gasteiger partial charge in [0.05, 0.1) is 0 Å². The van der Waals surface area contributed by atoms with E-state index in [-0.39, 0.29) is 0 Å². The molecule has 0 fully saturated rings. The molecule has 0 aliphatic carbocycles. The number of aliphatic hydroxyl groups is 2. The van der Waals surface area contributed by atoms with Gasteiger partial charge in [0.2, 0.25) is 0 Å². The van der Waals surface area contributed by atoms with E-state index in [1.54, 1.807) is 0 Å². The quantitative estimate of drug-likeness (QED) is 0.210. The molecule has 2 nitrogen and oxygen atoms in total. The molecule has 0 saturated heterocycles. The molecule has 0 spiro atoms. The summed E-state index contributed by atoms with van der Waals surface area (Å²) in [7, 11) is 0. The lowest BCUT2D eigenvalue weighted by Crippen LogP contribution is -2.30. The predicted molar refractivity (Wildman–Crippen MR) is 117 cm³/mol. The van der Waals surface area contributed by atoms with E-state index >= 15 is 0 Å². The topological polar surface area (TPSA) is 40.5 Å². The van der Waals surface area contributed by atoms with Gasteiger partial charge in [-0.1, -0.05) is 127 Å². The summed E-state index contributed by atoms with van der Waals surface area (Å²) in [6.07, 6.45) is 20.7. The zero-order valence-electron chi connectivity index (χ0n) is 17.8. The normalized spacial score (nSPS) is 11.8. The molecule has 2 heteroatoms. The van der Waals surface area contributed by atoms with Crippen LogP contribution in [-0.4, -0.2) is 16.0 Å². The van der Waals surface area contributed by atoms with Crippen molar-refractivity contribution in [1.82, 2.24) is 0 Å². The van der Waals surface area contributed by atoms with Crippen LogP contribution in [0.25, 0.3) is 0 Å². The Labute approximate surface area is 168 Å². The lowest BCUT2D eigenvalue weighted by Gasteiger charge is -2.21. The maximum absolute atomic E-state index is 10.1. The molecule has 0 unspecified atom stereocenters. The minimum Gasteiger partial charge on any atom is -0.365 e. The Bertz CT molecular complexity index is 427. The molecule has 0 aliphatic heterocycles. The summed E-state index contributed by atoms with van der Waals surface area (Å²) in [4.78, 5) is 0. The molecule has 0 saturated carbocycles. The molecule has 0 aliphatic rings. The van der Waals surface area contributed by atoms with Crippen LogP contribution in [0.5, 0.6) is 0 Å². The smallest absolute Gasteiger partial charge is 0.166 e. The van der Waals surface area contributed by atoms with Crippen LogP contribution in [-0.2, 0) is 6.42 Å². The molecule has 0 radical (unpaired) electrons. The molecule has 1 aromatic carbocycles. The van der Waals surface area contributed by atoms with E-state index in [0.717, 1.165) is 18.4 Å². The Morgan fingerprint density at radius 3 is 1.44 bits per heavy atom. The number of rotatable bonds is 18. The number of benzene rings is 1. The second-order valence-electron chi connectivity index (χ2n) is 8.34. The van der Waals surface area contributed by atoms with E-state index in [4.69, 9.17) is 0 Å². The first kappa shape index (κ1) is 24.2. The number of unbranched alkanes of at least 4 members (excludes halogenated alkanes) is 14. The van der Waals surface area contributed by atoms with E-state index in [1.807, 2.05) is 30.3 Å². The number of hydrogen-bond donors (Lipinski definition) is 2. The first-order valence-electron chi connectivity index (χ1n) is 11.6. The Morgan fingerprint density at radius 2 is 1.00 bits per heavy atom. The summed E-state index contributed by atoms with van der Waals surface area (Å²) in [5.41, 5.74) is 0.989. The van der Waals surface area contributed by atoms with E-state index in [0.29, 0.717) is 12.8 Å². The van der Waals surface area contributed by atoms with Gasteiger partial charge in [0.1, 0.15) is 0 Å². The average Bonchev–Trinajstić information content (AvgIpc) is 2.65. The Morgan fingerprint density at radius 1 is 0.593 bits per heavy atom. The van der Waals surface area contributed by atoms with Crippen molar-refractivity contribution in [2.75, 3.05) is 0 Å². The van der Waals surface area contributed by atoms with Crippen molar-refractivity contribution < 1.29 is 10.2 Å². The molecule has 1 aromatic rings. The van der Waals surface area contributed by atoms with Gasteiger partial charge in [0.15, 0.2) is 5.79 Å². The van der Waals surface area contributed by atoms with Crippen LogP contribution in [0, 0.1) is 0 Å². The highest BCUT2D eigenvalue weighted by molar-refractivity contribution is 5.16. The molecular formula is C25H44O2. The Balaban J connectivity index is 1.85. The second kappa shape index (κ2) is 16.1. The summed E-state index contributed by atoms with van der Waals surface area (Å²) < 4.78 is 0. The van der Waals surface area contributed by atoms with Crippen LogP contribution in [0.2, 0.25) is 0 Å². The van der Waals surface area contributed by atoms with Gasteiger partial charge in [0, 0.05) is 12.8 Å². The van der Waals surface area contributed by atoms with Gasteiger partial charge in [0.25, 0.3) is 0 Å². The molecule has 156 valence electrons. The van der Waals surface area contributed by atoms with Gasteiger partial charge in [-0.15, -0.1) is 0 Å². The molecule has 1 rings (SSSR count). The first-order chi connectivity index (χ1) is 13.1. The molecule has 0 aromatic heterocycles. The van der Waals surface area contributed by atoms with E-state index in [2.05, 4.69) is 6.92 Å². The summed E-state index contributed by atoms with van der Waals surface area (Å²) in [5.74, 6) is -1.56. The van der Waals surface area contributed by atoms with Gasteiger partial charge >= 0.3 is 0 Å². The maximum atomic E-state index is 10.1. The highest BCUT2D eigenvalue weighted by Gasteiger charge is 2.22. The van der Waals surface area contributed by atoms with E-state index in [1.165, 1.54) is 83.5 Å². The molecule has 0 amide bonds. The van der Waals surface area contributed by atoms with Crippen LogP contribution < -0.4 is 0 Å². The Hall–Kier alpha value is -0.860. The van der Waals surface area contributed by atoms with Crippen LogP contribution in [0.1, 0.15) is 115 Å². The van der Waals surface area contributed by atoms with E-state index in [9.17, 15) is 10.2 Å². The van der Waals surface area contributed by atoms with Gasteiger partial charge in [-0.2, -0.15) is 0 Å². The van der Waals surface area contributed by atoms with Crippen LogP contribution >= 0.6 is 0 Å². The predicted octanol–water partition coefficient (Wildman–Crippen LogP) is 7.17. The third-order valence-electron chi connectivity index (χ3n) is 5.51. The minimum absolute atomic E-state index is 0.326. The fraction of sp³-hybridized carbons (Fsp3) is 0.760. The highest BCUT2D eigenvalue weighted by Crippen LogP contribution is 2.19. The van der Waals surface area contributed by atoms with E-state index < -0.39 is 5.79 Å². The average molecular weight is 377 g/mol. The lowest BCUT2D eigenvalue weighted by atomic mass is 9.98. The largest absolute Gasteiger partial charge is 0.365 e. The van der Waals surface area contributed by atoms with Gasteiger partial charge in [-0.25, -0.2) is 0 Å². The first-order valence-corrected chi connectivity index (χ1v) is 11.6. The van der Waals surface area contributed by atoms with Crippen LogP contribution in [0.15, 0.2) is 30.3 Å². The fourth-order valence-electron chi connectivity index (χ4n) is 3.79. The zero-order valence-corrected chi connectivity index (χ0v) is 17.8. The standard InChI is InChI=1S/C25H44O2/c1-2-3-4-5-6-7-8-9-10-11-12-13-14-15-19-22-25(26,27)23-24-20-17-16-18-21-24/h16-18,20-21,26-27H,2-15,19,22-23H2,1H3. The third-order valence-corrected chi connectivity index (χ3v) is 5.51. The summed E-state index contributed by atoms with van der Waals surface area (Å²) in [5, 5.41) is 20.3. The van der Waals surface area contributed by atoms with Crippen molar-refractivity contribution in [1.29, 1.82) is 0 Å². The minimum atomic E-state index is -1.56. The monoisotopic (exact) mass is 376 g/mol. The summed E-state index contributed by atoms with van der Waals surface area (Å²) in [6, 6.07) is 9.74. The van der Waals surface area contributed by atoms with Crippen molar-refractivity contribution >= 4 is 0 Å². The molecule has 0 heterocycles. The van der Waals surface area contributed by atoms with Gasteiger partial charge < -0.3 is 10.2 Å². The maximum Gasteiger partial charge on any atom is 0.166 e. The van der Waals surface area contributed by atoms with Gasteiger partial charge in [-0.05, 0) is 12.0 Å². The van der Waals surface area contributed by atoms with Crippen molar-refractivity contribution in [3.63, 3.8) is 0 Å². The van der Waals surface area contributed by atoms with Crippen molar-refractivity contribution in [3.8, 4) is 0 Å². The molecular weight excluding hydrogens is 332 g/mol. The Kier molecular flexibility index (Phi) is 14.4. The van der Waals surface area contributed by atoms with Crippen molar-refractivity contribution in [3.05, 3.63) is 35.9 Å². The second-order valence-corrected chi connectivity index (χ2v) is 8.34. The third kappa shape index (κ3) is 14.8. The van der Waals surface area contributed by atoms with Crippen molar-refractivity contribution in [2.45, 2.75) is 122 Å². The van der Waals surface area contributed by atoms with Crippen LogP contribution in [0.3, 0.4) is 0 Å².